The third-order valence-electron chi connectivity index (χ3n) is 1.86. The molecular weight excluding hydrogens is 212 g/mol. The minimum atomic E-state index is -0.814. The van der Waals surface area contributed by atoms with Crippen molar-refractivity contribution in [2.45, 2.75) is 39.2 Å². The smallest absolute Gasteiger partial charge is 0.303 e. The summed E-state index contributed by atoms with van der Waals surface area (Å²) in [5.74, 6) is 0.0983. The van der Waals surface area contributed by atoms with E-state index in [0.29, 0.717) is 37.8 Å². The van der Waals surface area contributed by atoms with Crippen LogP contribution in [0, 0.1) is 0 Å². The van der Waals surface area contributed by atoms with E-state index in [1.165, 1.54) is 0 Å². The van der Waals surface area contributed by atoms with Crippen molar-refractivity contribution in [3.05, 3.63) is 11.8 Å². The number of carbonyl (C=O) groups is 1. The zero-order chi connectivity index (χ0) is 11.8. The van der Waals surface area contributed by atoms with E-state index in [9.17, 15) is 4.79 Å². The monoisotopic (exact) mass is 228 g/mol. The highest BCUT2D eigenvalue weighted by Gasteiger charge is 2.06. The highest BCUT2D eigenvalue weighted by atomic mass is 16.5. The van der Waals surface area contributed by atoms with Crippen molar-refractivity contribution in [3.8, 4) is 0 Å². The minimum absolute atomic E-state index is 0.115. The lowest BCUT2D eigenvalue weighted by molar-refractivity contribution is -0.137. The van der Waals surface area contributed by atoms with Crippen LogP contribution in [0.3, 0.4) is 0 Å². The average molecular weight is 228 g/mol. The molecule has 0 aliphatic rings. The summed E-state index contributed by atoms with van der Waals surface area (Å²) in [6, 6.07) is 0. The molecule has 16 heavy (non-hydrogen) atoms. The fraction of sp³-hybridized carbons (Fsp3) is 0.700. The van der Waals surface area contributed by atoms with Gasteiger partial charge in [-0.2, -0.15) is 0 Å². The Morgan fingerprint density at radius 1 is 1.44 bits per heavy atom. The number of aromatic nitrogens is 2. The number of ether oxygens (including phenoxy) is 1. The minimum Gasteiger partial charge on any atom is -0.481 e. The number of hydrogen-bond donors (Lipinski definition) is 1. The topological polar surface area (TPSA) is 85.5 Å². The molecule has 0 radical (unpaired) electrons. The van der Waals surface area contributed by atoms with Gasteiger partial charge < -0.3 is 14.3 Å². The van der Waals surface area contributed by atoms with Crippen LogP contribution in [-0.4, -0.2) is 27.9 Å². The van der Waals surface area contributed by atoms with Crippen molar-refractivity contribution < 1.29 is 19.1 Å². The number of hydrogen-bond acceptors (Lipinski definition) is 5. The van der Waals surface area contributed by atoms with E-state index in [0.717, 1.165) is 6.42 Å². The summed E-state index contributed by atoms with van der Waals surface area (Å²) in [5.41, 5.74) is 0. The molecule has 0 saturated carbocycles. The fourth-order valence-corrected chi connectivity index (χ4v) is 1.14. The van der Waals surface area contributed by atoms with Gasteiger partial charge in [0.15, 0.2) is 0 Å². The van der Waals surface area contributed by atoms with Crippen LogP contribution in [0.25, 0.3) is 0 Å². The second-order valence-electron chi connectivity index (χ2n) is 3.39. The zero-order valence-corrected chi connectivity index (χ0v) is 9.31. The molecule has 0 aliphatic carbocycles. The fourth-order valence-electron chi connectivity index (χ4n) is 1.14. The molecule has 0 amide bonds. The Labute approximate surface area is 93.6 Å². The molecule has 1 N–H and O–H groups in total. The molecule has 0 saturated heterocycles. The lowest BCUT2D eigenvalue weighted by Crippen LogP contribution is -1.95. The maximum Gasteiger partial charge on any atom is 0.303 e. The van der Waals surface area contributed by atoms with Crippen LogP contribution in [0.4, 0.5) is 0 Å². The number of aliphatic carboxylic acids is 1. The van der Waals surface area contributed by atoms with Crippen molar-refractivity contribution in [1.82, 2.24) is 10.2 Å². The van der Waals surface area contributed by atoms with Crippen LogP contribution in [0.15, 0.2) is 4.42 Å². The molecule has 0 spiro atoms. The van der Waals surface area contributed by atoms with Crippen LogP contribution in [0.2, 0.25) is 0 Å². The van der Waals surface area contributed by atoms with Gasteiger partial charge in [-0.1, -0.05) is 6.92 Å². The van der Waals surface area contributed by atoms with Crippen molar-refractivity contribution in [3.63, 3.8) is 0 Å². The van der Waals surface area contributed by atoms with E-state index in [-0.39, 0.29) is 6.42 Å². The lowest BCUT2D eigenvalue weighted by Gasteiger charge is -1.96. The highest BCUT2D eigenvalue weighted by Crippen LogP contribution is 2.05. The second-order valence-corrected chi connectivity index (χ2v) is 3.39. The molecule has 0 fully saturated rings. The van der Waals surface area contributed by atoms with Gasteiger partial charge in [0.25, 0.3) is 0 Å². The van der Waals surface area contributed by atoms with Crippen LogP contribution >= 0.6 is 0 Å². The van der Waals surface area contributed by atoms with E-state index >= 15 is 0 Å². The molecule has 1 aromatic heterocycles. The van der Waals surface area contributed by atoms with Gasteiger partial charge in [0, 0.05) is 19.4 Å². The SMILES string of the molecule is CCCOCc1nnc(CCCC(=O)O)o1. The summed E-state index contributed by atoms with van der Waals surface area (Å²) in [6.07, 6.45) is 2.06. The van der Waals surface area contributed by atoms with E-state index in [2.05, 4.69) is 10.2 Å². The molecule has 1 heterocycles. The first-order valence-corrected chi connectivity index (χ1v) is 5.33. The van der Waals surface area contributed by atoms with Crippen LogP contribution in [0.5, 0.6) is 0 Å². The highest BCUT2D eigenvalue weighted by molar-refractivity contribution is 5.66. The molecule has 0 bridgehead atoms. The van der Waals surface area contributed by atoms with Gasteiger partial charge >= 0.3 is 5.97 Å². The predicted octanol–water partition coefficient (Wildman–Crippen LogP) is 1.40. The summed E-state index contributed by atoms with van der Waals surface area (Å²) in [5, 5.41) is 16.1. The third-order valence-corrected chi connectivity index (χ3v) is 1.86. The van der Waals surface area contributed by atoms with Gasteiger partial charge in [-0.05, 0) is 12.8 Å². The van der Waals surface area contributed by atoms with Gasteiger partial charge in [0.05, 0.1) is 0 Å². The Morgan fingerprint density at radius 3 is 2.88 bits per heavy atom. The Hall–Kier alpha value is -1.43. The molecule has 1 aromatic rings. The summed E-state index contributed by atoms with van der Waals surface area (Å²) in [6.45, 7) is 3.00. The van der Waals surface area contributed by atoms with Gasteiger partial charge in [0.2, 0.25) is 11.8 Å². The number of nitrogens with zero attached hydrogens (tertiary/aromatic N) is 2. The van der Waals surface area contributed by atoms with Crippen LogP contribution in [0.1, 0.15) is 38.0 Å². The molecule has 90 valence electrons. The van der Waals surface area contributed by atoms with Crippen molar-refractivity contribution >= 4 is 5.97 Å². The Bertz CT molecular complexity index is 324. The standard InChI is InChI=1S/C10H16N2O4/c1-2-6-15-7-9-12-11-8(16-9)4-3-5-10(13)14/h2-7H2,1H3,(H,13,14). The largest absolute Gasteiger partial charge is 0.481 e. The quantitative estimate of drug-likeness (QED) is 0.677. The summed E-state index contributed by atoms with van der Waals surface area (Å²) in [4.78, 5) is 10.3. The number of carboxylic acid groups (broad SMARTS) is 1. The maximum absolute atomic E-state index is 10.3. The van der Waals surface area contributed by atoms with Crippen molar-refractivity contribution in [2.75, 3.05) is 6.61 Å². The van der Waals surface area contributed by atoms with Crippen molar-refractivity contribution in [1.29, 1.82) is 0 Å². The van der Waals surface area contributed by atoms with Crippen molar-refractivity contribution in [2.24, 2.45) is 0 Å². The molecule has 0 atom stereocenters. The van der Waals surface area contributed by atoms with E-state index < -0.39 is 5.97 Å². The Kier molecular flexibility index (Phi) is 5.49. The Morgan fingerprint density at radius 2 is 2.19 bits per heavy atom. The predicted molar refractivity (Wildman–Crippen MR) is 54.8 cm³/mol. The number of carboxylic acids is 1. The Balaban J connectivity index is 2.25. The van der Waals surface area contributed by atoms with Gasteiger partial charge in [0.1, 0.15) is 6.61 Å². The summed E-state index contributed by atoms with van der Waals surface area (Å²) >= 11 is 0. The number of aryl methyl sites for hydroxylation is 1. The maximum atomic E-state index is 10.3. The van der Waals surface area contributed by atoms with Gasteiger partial charge in [-0.25, -0.2) is 0 Å². The molecule has 0 unspecified atom stereocenters. The van der Waals surface area contributed by atoms with E-state index in [1.807, 2.05) is 6.92 Å². The zero-order valence-electron chi connectivity index (χ0n) is 9.31. The molecule has 0 aromatic carbocycles. The third kappa shape index (κ3) is 4.88. The van der Waals surface area contributed by atoms with E-state index in [4.69, 9.17) is 14.3 Å². The first-order valence-electron chi connectivity index (χ1n) is 5.33. The first kappa shape index (κ1) is 12.6. The molecule has 0 aliphatic heterocycles. The molecule has 6 heteroatoms. The first-order chi connectivity index (χ1) is 7.72. The summed E-state index contributed by atoms with van der Waals surface area (Å²) < 4.78 is 10.5. The molecule has 1 rings (SSSR count). The van der Waals surface area contributed by atoms with Gasteiger partial charge in [-0.15, -0.1) is 10.2 Å². The normalized spacial score (nSPS) is 10.6. The number of rotatable bonds is 8. The van der Waals surface area contributed by atoms with Crippen LogP contribution in [-0.2, 0) is 22.6 Å². The average Bonchev–Trinajstić information content (AvgIpc) is 2.66. The van der Waals surface area contributed by atoms with Crippen LogP contribution < -0.4 is 0 Å². The lowest BCUT2D eigenvalue weighted by atomic mass is 10.2. The van der Waals surface area contributed by atoms with E-state index in [1.54, 1.807) is 0 Å². The summed E-state index contributed by atoms with van der Waals surface area (Å²) in [7, 11) is 0. The van der Waals surface area contributed by atoms with Gasteiger partial charge in [-0.3, -0.25) is 4.79 Å². The molecular formula is C10H16N2O4. The molecule has 6 nitrogen and oxygen atoms in total. The second kappa shape index (κ2) is 6.95.